The minimum atomic E-state index is -1.02. The van der Waals surface area contributed by atoms with Crippen LogP contribution in [0.15, 0.2) is 73.8 Å². The van der Waals surface area contributed by atoms with Crippen LogP contribution in [0.25, 0.3) is 0 Å². The lowest BCUT2D eigenvalue weighted by Gasteiger charge is -2.28. The van der Waals surface area contributed by atoms with Crippen molar-refractivity contribution < 1.29 is 18.7 Å². The Labute approximate surface area is 187 Å². The van der Waals surface area contributed by atoms with Crippen molar-refractivity contribution >= 4 is 12.0 Å². The van der Waals surface area contributed by atoms with Crippen LogP contribution < -0.4 is 27.7 Å². The summed E-state index contributed by atoms with van der Waals surface area (Å²) in [7, 11) is 0. The quantitative estimate of drug-likeness (QED) is 0.398. The zero-order valence-electron chi connectivity index (χ0n) is 17.9. The van der Waals surface area contributed by atoms with E-state index < -0.39 is 41.7 Å². The summed E-state index contributed by atoms with van der Waals surface area (Å²) in [6, 6.07) is 1.43. The Morgan fingerprint density at radius 1 is 1.09 bits per heavy atom. The fraction of sp³-hybridized carbons (Fsp3) is 0.286. The smallest absolute Gasteiger partial charge is 0.338 e. The molecule has 0 saturated heterocycles. The minimum absolute atomic E-state index is 0.0464. The zero-order chi connectivity index (χ0) is 24.1. The Morgan fingerprint density at radius 3 is 2.21 bits per heavy atom. The summed E-state index contributed by atoms with van der Waals surface area (Å²) in [5.41, 5.74) is -2.78. The monoisotopic (exact) mass is 457 g/mol. The number of carbonyl (C=O) groups is 2. The second-order valence-electron chi connectivity index (χ2n) is 6.89. The predicted octanol–water partition coefficient (Wildman–Crippen LogP) is 0.00800. The number of nitrogens with one attached hydrogen (secondary N) is 2. The minimum Gasteiger partial charge on any atom is -0.467 e. The Kier molecular flexibility index (Phi) is 6.96. The van der Waals surface area contributed by atoms with Gasteiger partial charge in [-0.15, -0.1) is 13.2 Å². The van der Waals surface area contributed by atoms with Crippen molar-refractivity contribution in [3.63, 3.8) is 0 Å². The number of nitrogens with zero attached hydrogens (tertiary/aromatic N) is 3. The highest BCUT2D eigenvalue weighted by molar-refractivity contribution is 5.94. The molecular weight excluding hydrogens is 434 g/mol. The highest BCUT2D eigenvalue weighted by Gasteiger charge is 2.36. The van der Waals surface area contributed by atoms with E-state index >= 15 is 0 Å². The average Bonchev–Trinajstić information content (AvgIpc) is 3.32. The largest absolute Gasteiger partial charge is 0.467 e. The molecule has 2 amide bonds. The molecule has 12 nitrogen and oxygen atoms in total. The second kappa shape index (κ2) is 9.85. The lowest BCUT2D eigenvalue weighted by atomic mass is 10.00. The van der Waals surface area contributed by atoms with Gasteiger partial charge < -0.3 is 19.8 Å². The number of ether oxygens (including phenoxy) is 1. The van der Waals surface area contributed by atoms with Gasteiger partial charge in [0, 0.05) is 0 Å². The van der Waals surface area contributed by atoms with Gasteiger partial charge in [-0.3, -0.25) is 0 Å². The molecule has 0 radical (unpaired) electrons. The predicted molar refractivity (Wildman–Crippen MR) is 116 cm³/mol. The van der Waals surface area contributed by atoms with Crippen LogP contribution in [0.3, 0.4) is 0 Å². The Morgan fingerprint density at radius 2 is 1.70 bits per heavy atom. The first-order valence-electron chi connectivity index (χ1n) is 10.0. The van der Waals surface area contributed by atoms with Crippen molar-refractivity contribution in [3.05, 3.63) is 92.2 Å². The number of allylic oxidation sites excluding steroid dienone is 3. The van der Waals surface area contributed by atoms with Crippen LogP contribution in [0.1, 0.15) is 18.7 Å². The van der Waals surface area contributed by atoms with E-state index in [0.717, 1.165) is 13.7 Å². The molecule has 0 saturated carbocycles. The lowest BCUT2D eigenvalue weighted by Crippen LogP contribution is -2.55. The molecule has 2 aromatic rings. The fourth-order valence-electron chi connectivity index (χ4n) is 3.41. The van der Waals surface area contributed by atoms with Gasteiger partial charge in [-0.05, 0) is 19.1 Å². The first-order chi connectivity index (χ1) is 15.8. The number of hydrogen-bond acceptors (Lipinski definition) is 7. The third kappa shape index (κ3) is 4.49. The normalized spacial score (nSPS) is 15.5. The number of esters is 1. The first-order valence-corrected chi connectivity index (χ1v) is 10.0. The van der Waals surface area contributed by atoms with E-state index in [1.165, 1.54) is 18.4 Å². The van der Waals surface area contributed by atoms with E-state index in [0.29, 0.717) is 0 Å². The topological polar surface area (TPSA) is 147 Å². The van der Waals surface area contributed by atoms with Crippen LogP contribution in [0, 0.1) is 0 Å². The summed E-state index contributed by atoms with van der Waals surface area (Å²) in [4.78, 5) is 63.7. The third-order valence-corrected chi connectivity index (χ3v) is 4.80. The first kappa shape index (κ1) is 23.3. The molecule has 0 fully saturated rings. The van der Waals surface area contributed by atoms with Gasteiger partial charge >= 0.3 is 29.1 Å². The number of hydrogen-bond donors (Lipinski definition) is 2. The van der Waals surface area contributed by atoms with E-state index in [2.05, 4.69) is 23.8 Å². The van der Waals surface area contributed by atoms with Crippen molar-refractivity contribution in [2.24, 2.45) is 0 Å². The highest BCUT2D eigenvalue weighted by atomic mass is 16.5. The number of carbonyl (C=O) groups excluding carboxylic acids is 2. The molecule has 0 bridgehead atoms. The van der Waals surface area contributed by atoms with Gasteiger partial charge in [0.15, 0.2) is 0 Å². The van der Waals surface area contributed by atoms with Crippen LogP contribution in [0.5, 0.6) is 0 Å². The summed E-state index contributed by atoms with van der Waals surface area (Å²) < 4.78 is 12.9. The maximum Gasteiger partial charge on any atom is 0.338 e. The van der Waals surface area contributed by atoms with Crippen LogP contribution >= 0.6 is 0 Å². The summed E-state index contributed by atoms with van der Waals surface area (Å²) in [6.07, 6.45) is 4.03. The van der Waals surface area contributed by atoms with Crippen molar-refractivity contribution in [2.45, 2.75) is 32.6 Å². The van der Waals surface area contributed by atoms with Crippen LogP contribution in [0.4, 0.5) is 4.79 Å². The molecule has 0 aliphatic carbocycles. The van der Waals surface area contributed by atoms with Crippen molar-refractivity contribution in [3.8, 4) is 0 Å². The summed E-state index contributed by atoms with van der Waals surface area (Å²) in [6.45, 7) is 7.89. The fourth-order valence-corrected chi connectivity index (χ4v) is 3.41. The molecule has 1 unspecified atom stereocenters. The van der Waals surface area contributed by atoms with Crippen molar-refractivity contribution in [2.75, 3.05) is 6.61 Å². The molecule has 2 aromatic heterocycles. The van der Waals surface area contributed by atoms with Crippen molar-refractivity contribution in [1.29, 1.82) is 0 Å². The molecule has 2 N–H and O–H groups in total. The number of amides is 2. The van der Waals surface area contributed by atoms with Crippen molar-refractivity contribution in [1.82, 2.24) is 24.3 Å². The maximum atomic E-state index is 13.0. The highest BCUT2D eigenvalue weighted by Crippen LogP contribution is 2.28. The van der Waals surface area contributed by atoms with E-state index in [1.807, 2.05) is 0 Å². The molecule has 33 heavy (non-hydrogen) atoms. The number of aromatic nitrogens is 3. The Hall–Kier alpha value is -4.35. The molecule has 1 aliphatic heterocycles. The number of rotatable bonds is 9. The SMILES string of the molecule is C=CCn1c(=O)n(CC=C)c(=O)n(CC2=C(C(=O)OCC)C(c3ccco3)NC(=O)N2)c1=O. The Balaban J connectivity index is 2.25. The Bertz CT molecular complexity index is 1250. The number of urea groups is 1. The summed E-state index contributed by atoms with van der Waals surface area (Å²) >= 11 is 0. The molecule has 1 aliphatic rings. The van der Waals surface area contributed by atoms with E-state index in [1.54, 1.807) is 19.1 Å². The molecule has 0 spiro atoms. The lowest BCUT2D eigenvalue weighted by molar-refractivity contribution is -0.139. The van der Waals surface area contributed by atoms with Gasteiger partial charge in [-0.25, -0.2) is 37.7 Å². The van der Waals surface area contributed by atoms with Gasteiger partial charge in [0.1, 0.15) is 11.8 Å². The van der Waals surface area contributed by atoms with Gasteiger partial charge in [-0.1, -0.05) is 12.2 Å². The molecule has 3 heterocycles. The average molecular weight is 457 g/mol. The van der Waals surface area contributed by atoms with Crippen LogP contribution in [-0.2, 0) is 29.2 Å². The van der Waals surface area contributed by atoms with Gasteiger partial charge in [-0.2, -0.15) is 0 Å². The van der Waals surface area contributed by atoms with Gasteiger partial charge in [0.05, 0.1) is 43.8 Å². The second-order valence-corrected chi connectivity index (χ2v) is 6.89. The van der Waals surface area contributed by atoms with Crippen LogP contribution in [-0.4, -0.2) is 32.3 Å². The zero-order valence-corrected chi connectivity index (χ0v) is 17.9. The maximum absolute atomic E-state index is 13.0. The molecular formula is C21H23N5O7. The van der Waals surface area contributed by atoms with Crippen LogP contribution in [0.2, 0.25) is 0 Å². The molecule has 1 atom stereocenters. The summed E-state index contributed by atoms with van der Waals surface area (Å²) in [5.74, 6) is -0.529. The van der Waals surface area contributed by atoms with E-state index in [4.69, 9.17) is 9.15 Å². The number of furan rings is 1. The van der Waals surface area contributed by atoms with Gasteiger partial charge in [0.25, 0.3) is 0 Å². The standard InChI is InChI=1S/C21H23N5O7/c1-4-9-24-19(29)25(10-5-2)21(31)26(20(24)30)12-13-15(17(27)32-6-3)16(23-18(28)22-13)14-8-7-11-33-14/h4-5,7-8,11,16H,1-2,6,9-10,12H2,3H3,(H2,22,23,28). The van der Waals surface area contributed by atoms with E-state index in [9.17, 15) is 24.0 Å². The molecule has 12 heteroatoms. The van der Waals surface area contributed by atoms with Gasteiger partial charge in [0.2, 0.25) is 0 Å². The molecule has 174 valence electrons. The third-order valence-electron chi connectivity index (χ3n) is 4.80. The summed E-state index contributed by atoms with van der Waals surface area (Å²) in [5, 5.41) is 5.04. The molecule has 0 aromatic carbocycles. The van der Waals surface area contributed by atoms with E-state index in [-0.39, 0.29) is 36.7 Å². The molecule has 3 rings (SSSR count).